The average molecular weight is 383 g/mol. The van der Waals surface area contributed by atoms with E-state index in [-0.39, 0.29) is 23.0 Å². The molecule has 27 heavy (non-hydrogen) atoms. The van der Waals surface area contributed by atoms with Gasteiger partial charge in [-0.3, -0.25) is 24.6 Å². The Balaban J connectivity index is 1.45. The molecule has 0 bridgehead atoms. The average Bonchev–Trinajstić information content (AvgIpc) is 3.21. The molecule has 4 rings (SSSR count). The quantitative estimate of drug-likeness (QED) is 0.695. The molecule has 1 aliphatic rings. The fraction of sp³-hybridized carbons (Fsp3) is 0.0556. The molecule has 1 N–H and O–H groups in total. The van der Waals surface area contributed by atoms with Crippen molar-refractivity contribution in [3.63, 3.8) is 0 Å². The summed E-state index contributed by atoms with van der Waals surface area (Å²) in [6.07, 6.45) is 0. The van der Waals surface area contributed by atoms with Crippen LogP contribution in [0, 0.1) is 0 Å². The van der Waals surface area contributed by atoms with Crippen molar-refractivity contribution in [1.29, 1.82) is 0 Å². The minimum absolute atomic E-state index is 0.147. The minimum atomic E-state index is -0.634. The fourth-order valence-electron chi connectivity index (χ4n) is 2.70. The van der Waals surface area contributed by atoms with E-state index in [0.29, 0.717) is 10.6 Å². The van der Waals surface area contributed by atoms with Crippen molar-refractivity contribution in [3.05, 3.63) is 64.7 Å². The molecule has 1 aliphatic heterocycles. The Bertz CT molecular complexity index is 1040. The van der Waals surface area contributed by atoms with Gasteiger partial charge in [-0.15, -0.1) is 5.10 Å². The lowest BCUT2D eigenvalue weighted by molar-refractivity contribution is -0.116. The Morgan fingerprint density at radius 2 is 1.74 bits per heavy atom. The molecule has 3 aromatic rings. The number of imide groups is 1. The Hall–Kier alpha value is -3.52. The lowest BCUT2D eigenvalue weighted by Crippen LogP contribution is -2.37. The van der Waals surface area contributed by atoms with Crippen LogP contribution >= 0.6 is 11.6 Å². The number of amides is 3. The first-order chi connectivity index (χ1) is 13.0. The third-order valence-electron chi connectivity index (χ3n) is 3.92. The van der Waals surface area contributed by atoms with Gasteiger partial charge in [0, 0.05) is 10.6 Å². The van der Waals surface area contributed by atoms with Gasteiger partial charge in [0.25, 0.3) is 11.8 Å². The number of hydrogen-bond acceptors (Lipinski definition) is 6. The molecular formula is C18H11ClN4O4. The van der Waals surface area contributed by atoms with Gasteiger partial charge in [-0.25, -0.2) is 0 Å². The Labute approximate surface area is 157 Å². The van der Waals surface area contributed by atoms with Crippen molar-refractivity contribution >= 4 is 35.3 Å². The summed E-state index contributed by atoms with van der Waals surface area (Å²) < 4.78 is 5.37. The summed E-state index contributed by atoms with van der Waals surface area (Å²) in [4.78, 5) is 37.6. The van der Waals surface area contributed by atoms with Gasteiger partial charge in [-0.05, 0) is 30.3 Å². The first-order valence-electron chi connectivity index (χ1n) is 7.87. The van der Waals surface area contributed by atoms with Crippen molar-refractivity contribution in [1.82, 2.24) is 15.1 Å². The fourth-order valence-corrected chi connectivity index (χ4v) is 2.89. The standard InChI is InChI=1S/C18H11ClN4O4/c19-11-5-3-4-10(8-11)15-21-22-18(27-15)20-14(24)9-23-16(25)12-6-1-2-7-13(12)17(23)26/h1-8H,9H2,(H,20,22,24). The van der Waals surface area contributed by atoms with Gasteiger partial charge < -0.3 is 4.42 Å². The highest BCUT2D eigenvalue weighted by Gasteiger charge is 2.36. The van der Waals surface area contributed by atoms with E-state index < -0.39 is 24.3 Å². The van der Waals surface area contributed by atoms with Crippen molar-refractivity contribution in [3.8, 4) is 11.5 Å². The van der Waals surface area contributed by atoms with E-state index >= 15 is 0 Å². The van der Waals surface area contributed by atoms with Crippen LogP contribution in [0.1, 0.15) is 20.7 Å². The molecule has 2 heterocycles. The van der Waals surface area contributed by atoms with Gasteiger partial charge >= 0.3 is 6.01 Å². The molecule has 3 amide bonds. The summed E-state index contributed by atoms with van der Waals surface area (Å²) in [5.41, 5.74) is 1.14. The largest absolute Gasteiger partial charge is 0.403 e. The van der Waals surface area contributed by atoms with E-state index in [0.717, 1.165) is 4.90 Å². The summed E-state index contributed by atoms with van der Waals surface area (Å²) in [5, 5.41) is 10.5. The predicted octanol–water partition coefficient (Wildman–Crippen LogP) is 2.62. The second-order valence-electron chi connectivity index (χ2n) is 5.71. The highest BCUT2D eigenvalue weighted by Crippen LogP contribution is 2.24. The number of aromatic nitrogens is 2. The molecule has 0 fully saturated rings. The smallest absolute Gasteiger partial charge is 0.322 e. The summed E-state index contributed by atoms with van der Waals surface area (Å²) in [6, 6.07) is 13.0. The van der Waals surface area contributed by atoms with Gasteiger partial charge in [-0.1, -0.05) is 34.9 Å². The van der Waals surface area contributed by atoms with Gasteiger partial charge in [0.1, 0.15) is 6.54 Å². The highest BCUT2D eigenvalue weighted by atomic mass is 35.5. The van der Waals surface area contributed by atoms with Crippen molar-refractivity contribution in [2.45, 2.75) is 0 Å². The molecule has 0 radical (unpaired) electrons. The number of rotatable bonds is 4. The maximum absolute atomic E-state index is 12.3. The van der Waals surface area contributed by atoms with Crippen LogP contribution in [-0.4, -0.2) is 39.4 Å². The van der Waals surface area contributed by atoms with Crippen LogP contribution in [0.5, 0.6) is 0 Å². The van der Waals surface area contributed by atoms with E-state index in [1.165, 1.54) is 0 Å². The molecule has 0 saturated heterocycles. The maximum Gasteiger partial charge on any atom is 0.322 e. The topological polar surface area (TPSA) is 105 Å². The van der Waals surface area contributed by atoms with Crippen molar-refractivity contribution in [2.75, 3.05) is 11.9 Å². The Kier molecular flexibility index (Phi) is 4.17. The molecule has 8 nitrogen and oxygen atoms in total. The minimum Gasteiger partial charge on any atom is -0.403 e. The van der Waals surface area contributed by atoms with E-state index in [4.69, 9.17) is 16.0 Å². The lowest BCUT2D eigenvalue weighted by atomic mass is 10.1. The third kappa shape index (κ3) is 3.18. The molecule has 1 aromatic heterocycles. The monoisotopic (exact) mass is 382 g/mol. The van der Waals surface area contributed by atoms with Gasteiger partial charge in [0.05, 0.1) is 11.1 Å². The highest BCUT2D eigenvalue weighted by molar-refractivity contribution is 6.30. The van der Waals surface area contributed by atoms with Crippen LogP contribution in [0.2, 0.25) is 5.02 Å². The number of fused-ring (bicyclic) bond motifs is 1. The molecule has 134 valence electrons. The number of hydrogen-bond donors (Lipinski definition) is 1. The molecule has 0 saturated carbocycles. The molecule has 2 aromatic carbocycles. The number of nitrogens with one attached hydrogen (secondary N) is 1. The molecule has 0 atom stereocenters. The predicted molar refractivity (Wildman–Crippen MR) is 95.2 cm³/mol. The maximum atomic E-state index is 12.3. The van der Waals surface area contributed by atoms with Crippen LogP contribution in [0.4, 0.5) is 6.01 Å². The molecular weight excluding hydrogens is 372 g/mol. The van der Waals surface area contributed by atoms with E-state index in [1.54, 1.807) is 48.5 Å². The number of benzene rings is 2. The zero-order chi connectivity index (χ0) is 19.0. The normalized spacial score (nSPS) is 13.0. The number of halogens is 1. The van der Waals surface area contributed by atoms with Crippen LogP contribution in [-0.2, 0) is 4.79 Å². The number of nitrogens with zero attached hydrogens (tertiary/aromatic N) is 3. The summed E-state index contributed by atoms with van der Waals surface area (Å²) in [6.45, 7) is -0.457. The third-order valence-corrected chi connectivity index (χ3v) is 4.16. The summed E-state index contributed by atoms with van der Waals surface area (Å²) >= 11 is 5.92. The SMILES string of the molecule is O=C(CN1C(=O)c2ccccc2C1=O)Nc1nnc(-c2cccc(Cl)c2)o1. The molecule has 9 heteroatoms. The first-order valence-corrected chi connectivity index (χ1v) is 8.25. The van der Waals surface area contributed by atoms with Crippen LogP contribution < -0.4 is 5.32 Å². The zero-order valence-corrected chi connectivity index (χ0v) is 14.4. The molecule has 0 unspecified atom stereocenters. The van der Waals surface area contributed by atoms with Crippen molar-refractivity contribution in [2.24, 2.45) is 0 Å². The number of carbonyl (C=O) groups excluding carboxylic acids is 3. The Morgan fingerprint density at radius 3 is 2.41 bits per heavy atom. The summed E-state index contributed by atoms with van der Waals surface area (Å²) in [5.74, 6) is -1.49. The lowest BCUT2D eigenvalue weighted by Gasteiger charge is -2.12. The van der Waals surface area contributed by atoms with E-state index in [9.17, 15) is 14.4 Å². The Morgan fingerprint density at radius 1 is 1.04 bits per heavy atom. The van der Waals surface area contributed by atoms with Crippen molar-refractivity contribution < 1.29 is 18.8 Å². The van der Waals surface area contributed by atoms with Gasteiger partial charge in [0.2, 0.25) is 11.8 Å². The van der Waals surface area contributed by atoms with Gasteiger partial charge in [0.15, 0.2) is 0 Å². The second kappa shape index (κ2) is 6.65. The zero-order valence-electron chi connectivity index (χ0n) is 13.7. The molecule has 0 spiro atoms. The number of carbonyl (C=O) groups is 3. The van der Waals surface area contributed by atoms with Crippen LogP contribution in [0.3, 0.4) is 0 Å². The molecule has 0 aliphatic carbocycles. The van der Waals surface area contributed by atoms with Crippen LogP contribution in [0.25, 0.3) is 11.5 Å². The van der Waals surface area contributed by atoms with Gasteiger partial charge in [-0.2, -0.15) is 0 Å². The number of anilines is 1. The first kappa shape index (κ1) is 16.9. The summed E-state index contributed by atoms with van der Waals surface area (Å²) in [7, 11) is 0. The second-order valence-corrected chi connectivity index (χ2v) is 6.15. The van der Waals surface area contributed by atoms with E-state index in [2.05, 4.69) is 15.5 Å². The van der Waals surface area contributed by atoms with E-state index in [1.807, 2.05) is 0 Å². The van der Waals surface area contributed by atoms with Crippen LogP contribution in [0.15, 0.2) is 52.9 Å².